The van der Waals surface area contributed by atoms with Gasteiger partial charge in [-0.05, 0) is 24.3 Å². The molecule has 0 atom stereocenters. The minimum Gasteiger partial charge on any atom is -0.496 e. The average molecular weight is 270 g/mol. The standard InChI is InChI=1S/C15H11FN2O2/c1-20-14-8-3-2-5-10(14)15(19)18-13-7-4-6-12(16)11(13)9-17/h2-8H,1H3,(H,18,19). The summed E-state index contributed by atoms with van der Waals surface area (Å²) in [4.78, 5) is 12.2. The smallest absolute Gasteiger partial charge is 0.259 e. The number of ether oxygens (including phenoxy) is 1. The highest BCUT2D eigenvalue weighted by Gasteiger charge is 2.15. The van der Waals surface area contributed by atoms with E-state index in [2.05, 4.69) is 5.32 Å². The Kier molecular flexibility index (Phi) is 3.96. The zero-order valence-electron chi connectivity index (χ0n) is 10.7. The molecule has 0 aliphatic heterocycles. The largest absolute Gasteiger partial charge is 0.496 e. The van der Waals surface area contributed by atoms with Crippen LogP contribution in [0.25, 0.3) is 0 Å². The highest BCUT2D eigenvalue weighted by atomic mass is 19.1. The van der Waals surface area contributed by atoms with Crippen molar-refractivity contribution in [2.45, 2.75) is 0 Å². The fourth-order valence-corrected chi connectivity index (χ4v) is 1.76. The van der Waals surface area contributed by atoms with E-state index in [1.54, 1.807) is 30.3 Å². The van der Waals surface area contributed by atoms with Crippen molar-refractivity contribution in [3.05, 3.63) is 59.4 Å². The molecular formula is C15H11FN2O2. The fourth-order valence-electron chi connectivity index (χ4n) is 1.76. The van der Waals surface area contributed by atoms with E-state index < -0.39 is 11.7 Å². The number of halogens is 1. The van der Waals surface area contributed by atoms with Crippen LogP contribution in [0.5, 0.6) is 5.75 Å². The summed E-state index contributed by atoms with van der Waals surface area (Å²) in [6.07, 6.45) is 0. The lowest BCUT2D eigenvalue weighted by molar-refractivity contribution is 0.102. The minimum absolute atomic E-state index is 0.128. The van der Waals surface area contributed by atoms with E-state index in [0.29, 0.717) is 11.3 Å². The Bertz CT molecular complexity index is 693. The normalized spacial score (nSPS) is 9.65. The van der Waals surface area contributed by atoms with Crippen LogP contribution in [-0.4, -0.2) is 13.0 Å². The molecule has 2 aromatic carbocycles. The number of methoxy groups -OCH3 is 1. The van der Waals surface area contributed by atoms with Crippen molar-refractivity contribution in [3.63, 3.8) is 0 Å². The number of carbonyl (C=O) groups is 1. The van der Waals surface area contributed by atoms with Gasteiger partial charge in [0.2, 0.25) is 0 Å². The van der Waals surface area contributed by atoms with E-state index >= 15 is 0 Å². The maximum absolute atomic E-state index is 13.5. The van der Waals surface area contributed by atoms with Crippen LogP contribution < -0.4 is 10.1 Å². The number of carbonyl (C=O) groups excluding carboxylic acids is 1. The van der Waals surface area contributed by atoms with E-state index in [9.17, 15) is 9.18 Å². The molecule has 0 aliphatic carbocycles. The molecule has 0 heterocycles. The number of benzene rings is 2. The number of nitrogens with zero attached hydrogens (tertiary/aromatic N) is 1. The van der Waals surface area contributed by atoms with Crippen molar-refractivity contribution in [2.75, 3.05) is 12.4 Å². The average Bonchev–Trinajstić information content (AvgIpc) is 2.47. The molecule has 0 saturated heterocycles. The second-order valence-corrected chi connectivity index (χ2v) is 3.93. The molecule has 100 valence electrons. The monoisotopic (exact) mass is 270 g/mol. The van der Waals surface area contributed by atoms with Crippen LogP contribution in [0.2, 0.25) is 0 Å². The summed E-state index contributed by atoms with van der Waals surface area (Å²) >= 11 is 0. The first-order chi connectivity index (χ1) is 9.67. The summed E-state index contributed by atoms with van der Waals surface area (Å²) in [7, 11) is 1.45. The summed E-state index contributed by atoms with van der Waals surface area (Å²) in [5.41, 5.74) is 0.238. The quantitative estimate of drug-likeness (QED) is 0.932. The second kappa shape index (κ2) is 5.85. The summed E-state index contributed by atoms with van der Waals surface area (Å²) in [6.45, 7) is 0. The molecule has 0 saturated carbocycles. The van der Waals surface area contributed by atoms with Gasteiger partial charge in [0.05, 0.1) is 18.4 Å². The molecule has 1 amide bonds. The van der Waals surface area contributed by atoms with E-state index in [4.69, 9.17) is 10.00 Å². The van der Waals surface area contributed by atoms with Gasteiger partial charge in [0, 0.05) is 0 Å². The minimum atomic E-state index is -0.676. The lowest BCUT2D eigenvalue weighted by Crippen LogP contribution is -2.14. The Hall–Kier alpha value is -2.87. The third kappa shape index (κ3) is 2.59. The molecule has 0 fully saturated rings. The summed E-state index contributed by atoms with van der Waals surface area (Å²) in [5, 5.41) is 11.4. The second-order valence-electron chi connectivity index (χ2n) is 3.93. The summed E-state index contributed by atoms with van der Waals surface area (Å²) in [6, 6.07) is 12.4. The predicted molar refractivity (Wildman–Crippen MR) is 72.1 cm³/mol. The third-order valence-electron chi connectivity index (χ3n) is 2.73. The van der Waals surface area contributed by atoms with E-state index in [0.717, 1.165) is 6.07 Å². The van der Waals surface area contributed by atoms with Gasteiger partial charge >= 0.3 is 0 Å². The Morgan fingerprint density at radius 3 is 2.70 bits per heavy atom. The zero-order chi connectivity index (χ0) is 14.5. The number of nitriles is 1. The van der Waals surface area contributed by atoms with Crippen molar-refractivity contribution in [1.29, 1.82) is 5.26 Å². The number of hydrogen-bond donors (Lipinski definition) is 1. The maximum Gasteiger partial charge on any atom is 0.259 e. The van der Waals surface area contributed by atoms with Gasteiger partial charge in [0.15, 0.2) is 0 Å². The molecule has 0 radical (unpaired) electrons. The van der Waals surface area contributed by atoms with Gasteiger partial charge in [-0.3, -0.25) is 4.79 Å². The van der Waals surface area contributed by atoms with Crippen LogP contribution in [0.1, 0.15) is 15.9 Å². The van der Waals surface area contributed by atoms with Crippen LogP contribution in [0.3, 0.4) is 0 Å². The third-order valence-corrected chi connectivity index (χ3v) is 2.73. The topological polar surface area (TPSA) is 62.1 Å². The van der Waals surface area contributed by atoms with Gasteiger partial charge < -0.3 is 10.1 Å². The van der Waals surface area contributed by atoms with E-state index in [1.807, 2.05) is 0 Å². The van der Waals surface area contributed by atoms with E-state index in [1.165, 1.54) is 19.2 Å². The maximum atomic E-state index is 13.5. The Morgan fingerprint density at radius 1 is 1.25 bits per heavy atom. The highest BCUT2D eigenvalue weighted by Crippen LogP contribution is 2.22. The molecule has 2 rings (SSSR count). The van der Waals surface area contributed by atoms with Gasteiger partial charge in [-0.15, -0.1) is 0 Å². The molecule has 0 aliphatic rings. The molecule has 0 aromatic heterocycles. The van der Waals surface area contributed by atoms with Crippen LogP contribution in [-0.2, 0) is 0 Å². The molecule has 20 heavy (non-hydrogen) atoms. The van der Waals surface area contributed by atoms with E-state index in [-0.39, 0.29) is 11.3 Å². The first-order valence-electron chi connectivity index (χ1n) is 5.80. The number of nitrogens with one attached hydrogen (secondary N) is 1. The first kappa shape index (κ1) is 13.6. The molecular weight excluding hydrogens is 259 g/mol. The van der Waals surface area contributed by atoms with Crippen molar-refractivity contribution < 1.29 is 13.9 Å². The fraction of sp³-hybridized carbons (Fsp3) is 0.0667. The SMILES string of the molecule is COc1ccccc1C(=O)Nc1cccc(F)c1C#N. The Morgan fingerprint density at radius 2 is 2.00 bits per heavy atom. The molecule has 4 nitrogen and oxygen atoms in total. The molecule has 0 spiro atoms. The van der Waals surface area contributed by atoms with Crippen molar-refractivity contribution in [2.24, 2.45) is 0 Å². The first-order valence-corrected chi connectivity index (χ1v) is 5.80. The Balaban J connectivity index is 2.34. The highest BCUT2D eigenvalue weighted by molar-refractivity contribution is 6.06. The number of hydrogen-bond acceptors (Lipinski definition) is 3. The summed E-state index contributed by atoms with van der Waals surface area (Å²) < 4.78 is 18.5. The van der Waals surface area contributed by atoms with Gasteiger partial charge in [-0.1, -0.05) is 18.2 Å². The summed E-state index contributed by atoms with van der Waals surface area (Å²) in [5.74, 6) is -0.741. The van der Waals surface area contributed by atoms with Crippen molar-refractivity contribution in [3.8, 4) is 11.8 Å². The number of amides is 1. The molecule has 0 bridgehead atoms. The Labute approximate surface area is 115 Å². The zero-order valence-corrected chi connectivity index (χ0v) is 10.7. The van der Waals surface area contributed by atoms with Crippen LogP contribution in [0.4, 0.5) is 10.1 Å². The van der Waals surface area contributed by atoms with Gasteiger partial charge in [-0.2, -0.15) is 5.26 Å². The van der Waals surface area contributed by atoms with Crippen LogP contribution in [0.15, 0.2) is 42.5 Å². The number of anilines is 1. The predicted octanol–water partition coefficient (Wildman–Crippen LogP) is 2.96. The molecule has 2 aromatic rings. The van der Waals surface area contributed by atoms with Crippen LogP contribution in [0, 0.1) is 17.1 Å². The van der Waals surface area contributed by atoms with Crippen molar-refractivity contribution >= 4 is 11.6 Å². The lowest BCUT2D eigenvalue weighted by Gasteiger charge is -2.10. The van der Waals surface area contributed by atoms with Crippen LogP contribution >= 0.6 is 0 Å². The van der Waals surface area contributed by atoms with Crippen molar-refractivity contribution in [1.82, 2.24) is 0 Å². The van der Waals surface area contributed by atoms with Gasteiger partial charge in [-0.25, -0.2) is 4.39 Å². The molecule has 1 N–H and O–H groups in total. The van der Waals surface area contributed by atoms with Gasteiger partial charge in [0.1, 0.15) is 23.2 Å². The molecule has 5 heteroatoms. The molecule has 0 unspecified atom stereocenters. The lowest BCUT2D eigenvalue weighted by atomic mass is 10.1. The number of rotatable bonds is 3. The number of para-hydroxylation sites is 1. The van der Waals surface area contributed by atoms with Gasteiger partial charge in [0.25, 0.3) is 5.91 Å².